The molecular formula is C17H21N5O2. The van der Waals surface area contributed by atoms with Gasteiger partial charge in [0.05, 0.1) is 12.1 Å². The van der Waals surface area contributed by atoms with Crippen LogP contribution in [0.4, 0.5) is 22.0 Å². The highest BCUT2D eigenvalue weighted by atomic mass is 16.2. The van der Waals surface area contributed by atoms with Crippen molar-refractivity contribution in [1.82, 2.24) is 9.78 Å². The van der Waals surface area contributed by atoms with Gasteiger partial charge in [0.25, 0.3) is 0 Å². The maximum absolute atomic E-state index is 12.2. The summed E-state index contributed by atoms with van der Waals surface area (Å²) in [5.74, 6) is 0.586. The van der Waals surface area contributed by atoms with Crippen molar-refractivity contribution in [2.75, 3.05) is 16.0 Å². The average Bonchev–Trinajstić information content (AvgIpc) is 3.00. The zero-order valence-corrected chi connectivity index (χ0v) is 14.2. The van der Waals surface area contributed by atoms with Gasteiger partial charge in [-0.25, -0.2) is 4.79 Å². The number of aryl methyl sites for hydroxylation is 1. The number of rotatable bonds is 2. The number of carbonyl (C=O) groups is 2. The highest BCUT2D eigenvalue weighted by Gasteiger charge is 2.20. The summed E-state index contributed by atoms with van der Waals surface area (Å²) in [7, 11) is 1.79. The molecule has 0 aliphatic carbocycles. The summed E-state index contributed by atoms with van der Waals surface area (Å²) >= 11 is 0. The Morgan fingerprint density at radius 3 is 2.67 bits per heavy atom. The molecule has 0 radical (unpaired) electrons. The number of nitrogens with zero attached hydrogens (tertiary/aromatic N) is 2. The zero-order valence-electron chi connectivity index (χ0n) is 14.2. The van der Waals surface area contributed by atoms with Crippen LogP contribution >= 0.6 is 0 Å². The molecule has 0 atom stereocenters. The molecule has 3 rings (SSSR count). The van der Waals surface area contributed by atoms with Crippen LogP contribution in [0.25, 0.3) is 0 Å². The monoisotopic (exact) mass is 327 g/mol. The summed E-state index contributed by atoms with van der Waals surface area (Å²) in [6.07, 6.45) is 0.381. The lowest BCUT2D eigenvalue weighted by Gasteiger charge is -2.13. The number of urea groups is 1. The van der Waals surface area contributed by atoms with Gasteiger partial charge < -0.3 is 10.6 Å². The third-order valence-corrected chi connectivity index (χ3v) is 3.88. The molecule has 1 aromatic heterocycles. The van der Waals surface area contributed by atoms with Gasteiger partial charge in [0.1, 0.15) is 5.82 Å². The Morgan fingerprint density at radius 2 is 2.00 bits per heavy atom. The number of hydrogen-bond donors (Lipinski definition) is 3. The molecular weight excluding hydrogens is 306 g/mol. The molecule has 0 saturated carbocycles. The molecule has 7 nitrogen and oxygen atoms in total. The number of benzene rings is 1. The molecule has 1 aliphatic rings. The van der Waals surface area contributed by atoms with Crippen LogP contribution in [0.3, 0.4) is 0 Å². The molecule has 0 bridgehead atoms. The van der Waals surface area contributed by atoms with Gasteiger partial charge in [0.2, 0.25) is 5.91 Å². The van der Waals surface area contributed by atoms with Crippen LogP contribution in [-0.4, -0.2) is 21.7 Å². The van der Waals surface area contributed by atoms with E-state index in [0.717, 1.165) is 16.9 Å². The van der Waals surface area contributed by atoms with Gasteiger partial charge in [-0.2, -0.15) is 5.10 Å². The molecule has 3 amide bonds. The molecule has 24 heavy (non-hydrogen) atoms. The van der Waals surface area contributed by atoms with Gasteiger partial charge in [0.15, 0.2) is 0 Å². The molecule has 1 aromatic carbocycles. The van der Waals surface area contributed by atoms with Gasteiger partial charge in [-0.3, -0.25) is 14.8 Å². The van der Waals surface area contributed by atoms with Crippen LogP contribution < -0.4 is 16.0 Å². The van der Waals surface area contributed by atoms with Crippen LogP contribution in [0, 0.1) is 0 Å². The molecule has 126 valence electrons. The standard InChI is InChI=1S/C17H21N5O2/c1-17(2,3)13-9-14(22(4)21-13)20-16(24)18-11-6-5-10-7-15(23)19-12(10)8-11/h5-6,8-9H,7H2,1-4H3,(H,19,23)(H2,18,20,24). The fourth-order valence-electron chi connectivity index (χ4n) is 2.52. The summed E-state index contributed by atoms with van der Waals surface area (Å²) < 4.78 is 1.64. The number of carbonyl (C=O) groups excluding carboxylic acids is 2. The summed E-state index contributed by atoms with van der Waals surface area (Å²) in [6, 6.07) is 6.88. The van der Waals surface area contributed by atoms with Crippen molar-refractivity contribution in [3.8, 4) is 0 Å². The van der Waals surface area contributed by atoms with E-state index in [1.807, 2.05) is 12.1 Å². The number of aromatic nitrogens is 2. The van der Waals surface area contributed by atoms with Gasteiger partial charge in [-0.05, 0) is 17.7 Å². The summed E-state index contributed by atoms with van der Waals surface area (Å²) in [6.45, 7) is 6.20. The fourth-order valence-corrected chi connectivity index (χ4v) is 2.52. The van der Waals surface area contributed by atoms with Crippen molar-refractivity contribution in [1.29, 1.82) is 0 Å². The van der Waals surface area contributed by atoms with E-state index < -0.39 is 0 Å². The maximum atomic E-state index is 12.2. The fraction of sp³-hybridized carbons (Fsp3) is 0.353. The Morgan fingerprint density at radius 1 is 1.25 bits per heavy atom. The van der Waals surface area contributed by atoms with Crippen molar-refractivity contribution >= 4 is 29.1 Å². The number of amides is 3. The van der Waals surface area contributed by atoms with Crippen molar-refractivity contribution in [2.45, 2.75) is 32.6 Å². The Labute approximate surface area is 140 Å². The van der Waals surface area contributed by atoms with E-state index in [9.17, 15) is 9.59 Å². The predicted octanol–water partition coefficient (Wildman–Crippen LogP) is 2.86. The molecule has 7 heteroatoms. The van der Waals surface area contributed by atoms with E-state index in [2.05, 4.69) is 41.8 Å². The predicted molar refractivity (Wildman–Crippen MR) is 93.3 cm³/mol. The molecule has 0 saturated heterocycles. The number of anilines is 3. The minimum Gasteiger partial charge on any atom is -0.325 e. The first-order chi connectivity index (χ1) is 11.2. The molecule has 0 fully saturated rings. The quantitative estimate of drug-likeness (QED) is 0.792. The third kappa shape index (κ3) is 3.24. The van der Waals surface area contributed by atoms with Gasteiger partial charge in [0, 0.05) is 29.9 Å². The van der Waals surface area contributed by atoms with E-state index >= 15 is 0 Å². The lowest BCUT2D eigenvalue weighted by molar-refractivity contribution is -0.115. The highest BCUT2D eigenvalue weighted by Crippen LogP contribution is 2.27. The van der Waals surface area contributed by atoms with Crippen molar-refractivity contribution in [2.24, 2.45) is 7.05 Å². The number of nitrogens with one attached hydrogen (secondary N) is 3. The van der Waals surface area contributed by atoms with E-state index in [1.54, 1.807) is 23.9 Å². The Bertz CT molecular complexity index is 817. The first-order valence-corrected chi connectivity index (χ1v) is 7.78. The minimum atomic E-state index is -0.359. The Hall–Kier alpha value is -2.83. The van der Waals surface area contributed by atoms with Crippen LogP contribution in [0.1, 0.15) is 32.0 Å². The molecule has 2 aromatic rings. The first kappa shape index (κ1) is 16.0. The van der Waals surface area contributed by atoms with Crippen LogP contribution in [0.15, 0.2) is 24.3 Å². The average molecular weight is 327 g/mol. The summed E-state index contributed by atoms with van der Waals surface area (Å²) in [5.41, 5.74) is 3.11. The third-order valence-electron chi connectivity index (χ3n) is 3.88. The van der Waals surface area contributed by atoms with Crippen LogP contribution in [-0.2, 0) is 23.7 Å². The molecule has 0 spiro atoms. The lowest BCUT2D eigenvalue weighted by Crippen LogP contribution is -2.21. The number of hydrogen-bond acceptors (Lipinski definition) is 3. The summed E-state index contributed by atoms with van der Waals surface area (Å²) in [4.78, 5) is 23.6. The normalized spacial score (nSPS) is 13.4. The van der Waals surface area contributed by atoms with Crippen LogP contribution in [0.5, 0.6) is 0 Å². The molecule has 3 N–H and O–H groups in total. The van der Waals surface area contributed by atoms with Gasteiger partial charge in [-0.15, -0.1) is 0 Å². The second-order valence-corrected chi connectivity index (χ2v) is 6.96. The minimum absolute atomic E-state index is 0.0313. The topological polar surface area (TPSA) is 88.1 Å². The molecule has 2 heterocycles. The Balaban J connectivity index is 1.70. The largest absolute Gasteiger partial charge is 0.325 e. The molecule has 0 unspecified atom stereocenters. The van der Waals surface area contributed by atoms with E-state index in [-0.39, 0.29) is 17.4 Å². The summed E-state index contributed by atoms with van der Waals surface area (Å²) in [5, 5.41) is 12.7. The van der Waals surface area contributed by atoms with E-state index in [0.29, 0.717) is 17.9 Å². The van der Waals surface area contributed by atoms with Crippen molar-refractivity contribution in [3.63, 3.8) is 0 Å². The van der Waals surface area contributed by atoms with E-state index in [4.69, 9.17) is 0 Å². The Kier molecular flexibility index (Phi) is 3.79. The van der Waals surface area contributed by atoms with Gasteiger partial charge in [-0.1, -0.05) is 26.8 Å². The van der Waals surface area contributed by atoms with Crippen molar-refractivity contribution < 1.29 is 9.59 Å². The molecule has 1 aliphatic heterocycles. The lowest BCUT2D eigenvalue weighted by atomic mass is 9.92. The van der Waals surface area contributed by atoms with E-state index in [1.165, 1.54) is 0 Å². The van der Waals surface area contributed by atoms with Crippen molar-refractivity contribution in [3.05, 3.63) is 35.5 Å². The first-order valence-electron chi connectivity index (χ1n) is 7.78. The zero-order chi connectivity index (χ0) is 17.5. The second kappa shape index (κ2) is 5.67. The number of fused-ring (bicyclic) bond motifs is 1. The van der Waals surface area contributed by atoms with Gasteiger partial charge >= 0.3 is 6.03 Å². The maximum Gasteiger partial charge on any atom is 0.324 e. The van der Waals surface area contributed by atoms with Crippen LogP contribution in [0.2, 0.25) is 0 Å². The second-order valence-electron chi connectivity index (χ2n) is 6.96. The smallest absolute Gasteiger partial charge is 0.324 e. The SMILES string of the molecule is Cn1nc(C(C)(C)C)cc1NC(=O)Nc1ccc2c(c1)NC(=O)C2. The highest BCUT2D eigenvalue weighted by molar-refractivity contribution is 6.02.